The summed E-state index contributed by atoms with van der Waals surface area (Å²) < 4.78 is 33.7. The number of halogens is 2. The number of carbonyl (C=O) groups excluding carboxylic acids is 7. The normalized spacial score (nSPS) is 21.2. The number of carbonyl (C=O) groups is 7. The molecule has 3 aliphatic rings. The number of ether oxygens (including phenoxy) is 1. The van der Waals surface area contributed by atoms with E-state index in [2.05, 4.69) is 26.6 Å². The number of nitrogens with zero attached hydrogens (tertiary/aromatic N) is 1. The van der Waals surface area contributed by atoms with Crippen molar-refractivity contribution in [1.82, 2.24) is 31.5 Å². The summed E-state index contributed by atoms with van der Waals surface area (Å²) in [6.45, 7) is 4.80. The second-order valence-corrected chi connectivity index (χ2v) is 15.1. The van der Waals surface area contributed by atoms with Crippen LogP contribution in [-0.4, -0.2) is 103 Å². The zero-order chi connectivity index (χ0) is 39.6. The lowest BCUT2D eigenvalue weighted by Gasteiger charge is -2.35. The topological polar surface area (TPSA) is 192 Å². The van der Waals surface area contributed by atoms with Gasteiger partial charge in [0.05, 0.1) is 19.1 Å². The number of rotatable bonds is 18. The number of hydrogen-bond donors (Lipinski definition) is 5. The fourth-order valence-corrected chi connectivity index (χ4v) is 7.01. The molecule has 5 unspecified atom stereocenters. The molecule has 0 spiro atoms. The van der Waals surface area contributed by atoms with E-state index in [1.54, 1.807) is 51.2 Å². The van der Waals surface area contributed by atoms with Gasteiger partial charge in [-0.3, -0.25) is 28.8 Å². The Bertz CT molecular complexity index is 1540. The molecule has 0 aromatic heterocycles. The SMILES string of the molecule is CCC(C)(C)OC(=O)NC(C(=O)N1CCCC1C(=O)NC(CC1CC1(F)F)C(=O)C(=O)NCC(=O)NC(C(=O)CNC)c1ccccc1)C1CCCCC1. The smallest absolute Gasteiger partial charge is 0.408 e. The van der Waals surface area contributed by atoms with Crippen molar-refractivity contribution < 1.29 is 47.1 Å². The molecule has 1 aliphatic heterocycles. The summed E-state index contributed by atoms with van der Waals surface area (Å²) in [5.74, 6) is -9.44. The number of alkyl carbamates (subject to hydrolysis) is 1. The Labute approximate surface area is 314 Å². The minimum Gasteiger partial charge on any atom is -0.444 e. The lowest BCUT2D eigenvalue weighted by atomic mass is 9.83. The van der Waals surface area contributed by atoms with Crippen molar-refractivity contribution in [2.75, 3.05) is 26.7 Å². The maximum atomic E-state index is 14.1. The molecule has 4 rings (SSSR count). The van der Waals surface area contributed by atoms with Gasteiger partial charge in [-0.05, 0) is 70.9 Å². The first kappa shape index (κ1) is 42.3. The van der Waals surface area contributed by atoms with Crippen LogP contribution in [-0.2, 0) is 33.5 Å². The maximum absolute atomic E-state index is 14.1. The van der Waals surface area contributed by atoms with E-state index in [-0.39, 0.29) is 31.2 Å². The summed E-state index contributed by atoms with van der Waals surface area (Å²) in [5.41, 5.74) is -0.269. The Kier molecular flexibility index (Phi) is 14.7. The number of benzene rings is 1. The van der Waals surface area contributed by atoms with Crippen LogP contribution in [0, 0.1) is 11.8 Å². The molecule has 2 aliphatic carbocycles. The van der Waals surface area contributed by atoms with Gasteiger partial charge in [0, 0.05) is 18.9 Å². The fourth-order valence-electron chi connectivity index (χ4n) is 7.01. The first-order chi connectivity index (χ1) is 25.6. The molecule has 298 valence electrons. The molecule has 5 atom stereocenters. The number of hydrogen-bond acceptors (Lipinski definition) is 9. The van der Waals surface area contributed by atoms with E-state index in [1.165, 1.54) is 4.90 Å². The van der Waals surface area contributed by atoms with E-state index in [4.69, 9.17) is 4.74 Å². The third-order valence-electron chi connectivity index (χ3n) is 10.6. The highest BCUT2D eigenvalue weighted by atomic mass is 19.3. The van der Waals surface area contributed by atoms with Crippen molar-refractivity contribution in [2.24, 2.45) is 11.8 Å². The zero-order valence-corrected chi connectivity index (χ0v) is 31.5. The predicted octanol–water partition coefficient (Wildman–Crippen LogP) is 2.70. The predicted molar refractivity (Wildman–Crippen MR) is 193 cm³/mol. The lowest BCUT2D eigenvalue weighted by molar-refractivity contribution is -0.143. The molecule has 14 nitrogen and oxygen atoms in total. The minimum atomic E-state index is -3.07. The second-order valence-electron chi connectivity index (χ2n) is 15.1. The standard InChI is InChI=1S/C38H54F2N6O8/c1-5-37(2,3)54-36(53)45-31(24-15-10-7-11-16-24)35(52)46-18-12-17-27(46)33(50)43-26(19-25-20-38(25,39)40)32(49)34(51)42-22-29(48)44-30(28(47)21-41-4)23-13-8-6-9-14-23/h6,8-9,13-14,24-27,30-31,41H,5,7,10-12,15-22H2,1-4H3,(H,42,51)(H,43,50)(H,44,48)(H,45,53). The molecule has 54 heavy (non-hydrogen) atoms. The lowest BCUT2D eigenvalue weighted by Crippen LogP contribution is -2.58. The molecular weight excluding hydrogens is 706 g/mol. The van der Waals surface area contributed by atoms with E-state index >= 15 is 0 Å². The molecule has 5 N–H and O–H groups in total. The Morgan fingerprint density at radius 3 is 2.20 bits per heavy atom. The van der Waals surface area contributed by atoms with Gasteiger partial charge in [-0.25, -0.2) is 13.6 Å². The summed E-state index contributed by atoms with van der Waals surface area (Å²) in [6, 6.07) is 3.67. The van der Waals surface area contributed by atoms with Gasteiger partial charge in [-0.2, -0.15) is 0 Å². The zero-order valence-electron chi connectivity index (χ0n) is 31.5. The van der Waals surface area contributed by atoms with Crippen LogP contribution in [0.3, 0.4) is 0 Å². The van der Waals surface area contributed by atoms with Crippen LogP contribution >= 0.6 is 0 Å². The van der Waals surface area contributed by atoms with Gasteiger partial charge >= 0.3 is 6.09 Å². The Morgan fingerprint density at radius 1 is 0.926 bits per heavy atom. The highest BCUT2D eigenvalue weighted by Crippen LogP contribution is 2.51. The molecule has 5 amide bonds. The van der Waals surface area contributed by atoms with Crippen LogP contribution < -0.4 is 26.6 Å². The van der Waals surface area contributed by atoms with Gasteiger partial charge in [0.2, 0.25) is 23.5 Å². The largest absolute Gasteiger partial charge is 0.444 e. The molecule has 2 saturated carbocycles. The quantitative estimate of drug-likeness (QED) is 0.140. The Hall–Kier alpha value is -4.47. The van der Waals surface area contributed by atoms with Crippen molar-refractivity contribution in [3.05, 3.63) is 35.9 Å². The molecule has 0 radical (unpaired) electrons. The molecule has 1 heterocycles. The summed E-state index contributed by atoms with van der Waals surface area (Å²) in [7, 11) is 1.57. The van der Waals surface area contributed by atoms with E-state index in [1.807, 2.05) is 6.92 Å². The molecule has 0 bridgehead atoms. The molecule has 3 fully saturated rings. The van der Waals surface area contributed by atoms with Crippen LogP contribution in [0.25, 0.3) is 0 Å². The number of likely N-dealkylation sites (tertiary alicyclic amines) is 1. The van der Waals surface area contributed by atoms with Crippen LogP contribution in [0.15, 0.2) is 30.3 Å². The van der Waals surface area contributed by atoms with E-state index in [0.29, 0.717) is 31.2 Å². The summed E-state index contributed by atoms with van der Waals surface area (Å²) >= 11 is 0. The third-order valence-corrected chi connectivity index (χ3v) is 10.6. The fraction of sp³-hybridized carbons (Fsp3) is 0.658. The van der Waals surface area contributed by atoms with E-state index in [0.717, 1.165) is 19.3 Å². The second kappa shape index (κ2) is 18.7. The van der Waals surface area contributed by atoms with E-state index < -0.39 is 96.5 Å². The van der Waals surface area contributed by atoms with Crippen molar-refractivity contribution in [3.63, 3.8) is 0 Å². The van der Waals surface area contributed by atoms with Crippen molar-refractivity contribution in [2.45, 2.75) is 121 Å². The van der Waals surface area contributed by atoms with Crippen LogP contribution in [0.2, 0.25) is 0 Å². The monoisotopic (exact) mass is 760 g/mol. The number of alkyl halides is 2. The molecule has 1 aromatic carbocycles. The van der Waals surface area contributed by atoms with Gasteiger partial charge in [0.25, 0.3) is 11.8 Å². The number of ketones is 2. The van der Waals surface area contributed by atoms with Gasteiger partial charge in [-0.1, -0.05) is 56.5 Å². The highest BCUT2D eigenvalue weighted by molar-refractivity contribution is 6.38. The summed E-state index contributed by atoms with van der Waals surface area (Å²) in [4.78, 5) is 94.1. The summed E-state index contributed by atoms with van der Waals surface area (Å²) in [6.07, 6.45) is 3.51. The van der Waals surface area contributed by atoms with Crippen LogP contribution in [0.1, 0.15) is 96.6 Å². The molecule has 1 aromatic rings. The van der Waals surface area contributed by atoms with Gasteiger partial charge in [-0.15, -0.1) is 0 Å². The van der Waals surface area contributed by atoms with Crippen LogP contribution in [0.5, 0.6) is 0 Å². The number of nitrogens with one attached hydrogen (secondary N) is 5. The van der Waals surface area contributed by atoms with Crippen molar-refractivity contribution in [1.29, 1.82) is 0 Å². The number of amides is 5. The molecular formula is C38H54F2N6O8. The number of likely N-dealkylation sites (N-methyl/N-ethyl adjacent to an activating group) is 1. The first-order valence-corrected chi connectivity index (χ1v) is 18.9. The molecule has 1 saturated heterocycles. The third kappa shape index (κ3) is 11.5. The van der Waals surface area contributed by atoms with Crippen molar-refractivity contribution >= 4 is 41.3 Å². The first-order valence-electron chi connectivity index (χ1n) is 18.9. The molecule has 16 heteroatoms. The average molecular weight is 761 g/mol. The van der Waals surface area contributed by atoms with Crippen LogP contribution in [0.4, 0.5) is 13.6 Å². The van der Waals surface area contributed by atoms with E-state index in [9.17, 15) is 42.3 Å². The minimum absolute atomic E-state index is 0.0521. The van der Waals surface area contributed by atoms with Gasteiger partial charge in [0.15, 0.2) is 5.78 Å². The maximum Gasteiger partial charge on any atom is 0.408 e. The van der Waals surface area contributed by atoms with Crippen molar-refractivity contribution in [3.8, 4) is 0 Å². The average Bonchev–Trinajstić information content (AvgIpc) is 3.48. The highest BCUT2D eigenvalue weighted by Gasteiger charge is 2.58. The number of Topliss-reactive ketones (excluding diaryl/α,β-unsaturated/α-hetero) is 2. The summed E-state index contributed by atoms with van der Waals surface area (Å²) in [5, 5.41) is 12.7. The van der Waals surface area contributed by atoms with Gasteiger partial charge < -0.3 is 36.2 Å². The Balaban J connectivity index is 1.43. The Morgan fingerprint density at radius 2 is 1.59 bits per heavy atom. The van der Waals surface area contributed by atoms with Gasteiger partial charge in [0.1, 0.15) is 23.7 Å².